The Bertz CT molecular complexity index is 2400. The zero-order chi connectivity index (χ0) is 43.8. The summed E-state index contributed by atoms with van der Waals surface area (Å²) in [6.45, 7) is 7.21. The van der Waals surface area contributed by atoms with Gasteiger partial charge in [0.2, 0.25) is 23.7 Å². The molecule has 6 heterocycles. The van der Waals surface area contributed by atoms with Crippen LogP contribution < -0.4 is 20.4 Å². The van der Waals surface area contributed by atoms with Crippen molar-refractivity contribution in [1.29, 1.82) is 0 Å². The van der Waals surface area contributed by atoms with Crippen molar-refractivity contribution < 1.29 is 15.1 Å². The van der Waals surface area contributed by atoms with E-state index in [4.69, 9.17) is 23.2 Å². The summed E-state index contributed by atoms with van der Waals surface area (Å²) >= 11 is 16.1. The summed E-state index contributed by atoms with van der Waals surface area (Å²) in [5.74, 6) is 1.57. The highest BCUT2D eigenvalue weighted by atomic mass is 35.5. The molecule has 2 fully saturated rings. The Labute approximate surface area is 422 Å². The van der Waals surface area contributed by atoms with Crippen LogP contribution in [0.1, 0.15) is 34.3 Å². The molecule has 2 atom stereocenters. The summed E-state index contributed by atoms with van der Waals surface area (Å²) in [5.41, 5.74) is 4.65. The number of hydrogen-bond donors (Lipinski definition) is 2. The number of fused-ring (bicyclic) bond motifs is 4. The van der Waals surface area contributed by atoms with Gasteiger partial charge in [0, 0.05) is 107 Å². The van der Waals surface area contributed by atoms with Crippen molar-refractivity contribution in [1.82, 2.24) is 40.4 Å². The molecule has 4 aliphatic rings. The minimum absolute atomic E-state index is 0. The summed E-state index contributed by atoms with van der Waals surface area (Å²) in [7, 11) is 0. The van der Waals surface area contributed by atoms with Crippen LogP contribution in [0.4, 0.5) is 11.9 Å². The van der Waals surface area contributed by atoms with E-state index in [1.807, 2.05) is 36.4 Å². The number of carbonyl (C=O) groups is 2. The highest BCUT2D eigenvalue weighted by Crippen LogP contribution is 2.43. The molecule has 19 heteroatoms. The Hall–Kier alpha value is -4.68. The minimum atomic E-state index is -0.105. The first-order valence-corrected chi connectivity index (χ1v) is 23.9. The van der Waals surface area contributed by atoms with Crippen molar-refractivity contribution in [2.75, 3.05) is 75.2 Å². The number of nitrogens with one attached hydrogen (secondary N) is 2. The summed E-state index contributed by atoms with van der Waals surface area (Å²) < 4.78 is 0. The smallest absolute Gasteiger partial charge is 0.234 e. The average molecular weight is 1020 g/mol. The van der Waals surface area contributed by atoms with Gasteiger partial charge in [-0.3, -0.25) is 19.4 Å². The zero-order valence-corrected chi connectivity index (χ0v) is 41.2. The molecule has 2 aromatic heterocycles. The number of aromatic nitrogens is 4. The van der Waals surface area contributed by atoms with Crippen molar-refractivity contribution >= 4 is 95.3 Å². The van der Waals surface area contributed by atoms with Gasteiger partial charge in [0.1, 0.15) is 0 Å². The SMILES string of the molecule is Cl.Cl.O.O=C(CN1CCN(c2ncccn2)CC1)NC1Cc2ccccc2Sc2ccc(Cl)cc21.O=C(CN1CCN(c2ncccn2)CC1)NC1Cc2ccccc2Sc2ccc(Cl)cc21. The van der Waals surface area contributed by atoms with Crippen LogP contribution in [0.2, 0.25) is 10.0 Å². The number of hydrogen-bond acceptors (Lipinski definition) is 12. The molecule has 2 unspecified atom stereocenters. The average Bonchev–Trinajstić information content (AvgIpc) is 3.57. The number of halogens is 4. The number of nitrogens with zero attached hydrogens (tertiary/aromatic N) is 8. The highest BCUT2D eigenvalue weighted by Gasteiger charge is 2.28. The molecule has 0 spiro atoms. The quantitative estimate of drug-likeness (QED) is 0.154. The molecule has 352 valence electrons. The second-order valence-electron chi connectivity index (χ2n) is 16.1. The predicted molar refractivity (Wildman–Crippen MR) is 273 cm³/mol. The second-order valence-corrected chi connectivity index (χ2v) is 19.1. The lowest BCUT2D eigenvalue weighted by Crippen LogP contribution is -2.50. The van der Waals surface area contributed by atoms with Gasteiger partial charge in [0.15, 0.2) is 0 Å². The van der Waals surface area contributed by atoms with Gasteiger partial charge in [-0.15, -0.1) is 24.8 Å². The minimum Gasteiger partial charge on any atom is -0.412 e. The van der Waals surface area contributed by atoms with Crippen LogP contribution in [-0.2, 0) is 22.4 Å². The molecule has 4 N–H and O–H groups in total. The highest BCUT2D eigenvalue weighted by molar-refractivity contribution is 7.99. The second kappa shape index (κ2) is 24.6. The van der Waals surface area contributed by atoms with E-state index in [2.05, 4.69) is 111 Å². The van der Waals surface area contributed by atoms with Crippen molar-refractivity contribution in [2.24, 2.45) is 0 Å². The number of rotatable bonds is 8. The van der Waals surface area contributed by atoms with Gasteiger partial charge in [-0.1, -0.05) is 83.1 Å². The van der Waals surface area contributed by atoms with E-state index in [0.29, 0.717) is 23.1 Å². The van der Waals surface area contributed by atoms with E-state index in [1.165, 1.54) is 20.9 Å². The molecule has 2 saturated heterocycles. The van der Waals surface area contributed by atoms with Gasteiger partial charge < -0.3 is 25.9 Å². The van der Waals surface area contributed by atoms with E-state index in [9.17, 15) is 9.59 Å². The third kappa shape index (κ3) is 13.3. The van der Waals surface area contributed by atoms with Gasteiger partial charge in [-0.25, -0.2) is 19.9 Å². The standard InChI is InChI=1S/2C24H24ClN5OS.2ClH.H2O/c2*25-18-6-7-22-19(15-18)20(14-17-4-1-2-5-21(17)32-22)28-23(31)16-29-10-12-30(13-11-29)24-26-8-3-9-27-24;;;/h2*1-9,15,20H,10-14,16H2,(H,28,31);2*1H;1H2. The van der Waals surface area contributed by atoms with Crippen LogP contribution >= 0.6 is 71.5 Å². The molecule has 0 radical (unpaired) electrons. The van der Waals surface area contributed by atoms with Crippen LogP contribution in [0.15, 0.2) is 141 Å². The molecule has 10 rings (SSSR count). The lowest BCUT2D eigenvalue weighted by atomic mass is 9.99. The van der Waals surface area contributed by atoms with E-state index in [0.717, 1.165) is 98.0 Å². The normalized spacial score (nSPS) is 17.6. The molecular formula is C48H52Cl4N10O3S2. The molecule has 6 aromatic rings. The number of piperazine rings is 2. The third-order valence-corrected chi connectivity index (χ3v) is 14.6. The Morgan fingerprint density at radius 2 is 0.896 bits per heavy atom. The number of benzene rings is 4. The Kier molecular flexibility index (Phi) is 19.0. The van der Waals surface area contributed by atoms with E-state index >= 15 is 0 Å². The van der Waals surface area contributed by atoms with Gasteiger partial charge in [-0.05, 0) is 95.8 Å². The third-order valence-electron chi connectivity index (χ3n) is 11.7. The first kappa shape index (κ1) is 51.7. The van der Waals surface area contributed by atoms with E-state index in [-0.39, 0.29) is 54.2 Å². The summed E-state index contributed by atoms with van der Waals surface area (Å²) in [6.07, 6.45) is 8.54. The monoisotopic (exact) mass is 1020 g/mol. The molecule has 4 aromatic carbocycles. The fraction of sp³-hybridized carbons (Fsp3) is 0.292. The predicted octanol–water partition coefficient (Wildman–Crippen LogP) is 7.65. The molecule has 0 aliphatic carbocycles. The van der Waals surface area contributed by atoms with Crippen LogP contribution in [0.5, 0.6) is 0 Å². The largest absolute Gasteiger partial charge is 0.412 e. The lowest BCUT2D eigenvalue weighted by Gasteiger charge is -2.34. The van der Waals surface area contributed by atoms with Crippen LogP contribution in [0, 0.1) is 0 Å². The summed E-state index contributed by atoms with van der Waals surface area (Å²) in [4.78, 5) is 56.8. The maximum Gasteiger partial charge on any atom is 0.234 e. The molecule has 67 heavy (non-hydrogen) atoms. The van der Waals surface area contributed by atoms with Gasteiger partial charge in [-0.2, -0.15) is 0 Å². The fourth-order valence-corrected chi connectivity index (χ4v) is 11.1. The Morgan fingerprint density at radius 1 is 0.522 bits per heavy atom. The number of amides is 2. The first-order valence-electron chi connectivity index (χ1n) is 21.5. The molecule has 13 nitrogen and oxygen atoms in total. The van der Waals surface area contributed by atoms with E-state index in [1.54, 1.807) is 48.3 Å². The van der Waals surface area contributed by atoms with Crippen molar-refractivity contribution in [3.8, 4) is 0 Å². The Balaban J connectivity index is 0.000000212. The first-order chi connectivity index (χ1) is 31.3. The van der Waals surface area contributed by atoms with Gasteiger partial charge in [0.25, 0.3) is 0 Å². The zero-order valence-electron chi connectivity index (χ0n) is 36.5. The van der Waals surface area contributed by atoms with Crippen molar-refractivity contribution in [3.63, 3.8) is 0 Å². The van der Waals surface area contributed by atoms with Crippen LogP contribution in [-0.4, -0.2) is 112 Å². The molecule has 0 bridgehead atoms. The summed E-state index contributed by atoms with van der Waals surface area (Å²) in [5, 5.41) is 7.94. The van der Waals surface area contributed by atoms with E-state index < -0.39 is 0 Å². The maximum atomic E-state index is 13.0. The van der Waals surface area contributed by atoms with Gasteiger partial charge >= 0.3 is 0 Å². The van der Waals surface area contributed by atoms with Crippen LogP contribution in [0.25, 0.3) is 0 Å². The fourth-order valence-electron chi connectivity index (χ4n) is 8.47. The molecule has 4 aliphatic heterocycles. The van der Waals surface area contributed by atoms with Crippen molar-refractivity contribution in [2.45, 2.75) is 44.5 Å². The molecule has 0 saturated carbocycles. The van der Waals surface area contributed by atoms with Crippen molar-refractivity contribution in [3.05, 3.63) is 154 Å². The lowest BCUT2D eigenvalue weighted by molar-refractivity contribution is -0.124. The van der Waals surface area contributed by atoms with Gasteiger partial charge in [0.05, 0.1) is 25.2 Å². The maximum absolute atomic E-state index is 13.0. The summed E-state index contributed by atoms with van der Waals surface area (Å²) in [6, 6.07) is 32.1. The van der Waals surface area contributed by atoms with Crippen LogP contribution in [0.3, 0.4) is 0 Å². The number of carbonyl (C=O) groups excluding carboxylic acids is 2. The Morgan fingerprint density at radius 3 is 1.28 bits per heavy atom. The molecular weight excluding hydrogens is 971 g/mol. The molecule has 2 amide bonds. The topological polar surface area (TPSA) is 154 Å². The number of anilines is 2.